The Morgan fingerprint density at radius 2 is 2.16 bits per heavy atom. The standard InChI is InChI=1S/C21H23FN6O3/c1-4-28-6-5-16-18(21(28)31)15(10-27(16)3)25-14-8-17(24-9-12(14)19(29)23-2)26-20(30)11-7-13(11)22/h5-6,8-11,13H,4,7H2,1-3H3,(H,23,29)(H2,24,25,26,30)/t11-,13+/m0/s1/i2D3. The van der Waals surface area contributed by atoms with Gasteiger partial charge in [0.15, 0.2) is 0 Å². The summed E-state index contributed by atoms with van der Waals surface area (Å²) in [5.41, 5.74) is 0.770. The molecule has 1 aliphatic rings. The van der Waals surface area contributed by atoms with Gasteiger partial charge in [0.2, 0.25) is 5.91 Å². The van der Waals surface area contributed by atoms with Crippen LogP contribution in [0.15, 0.2) is 35.5 Å². The van der Waals surface area contributed by atoms with Gasteiger partial charge < -0.3 is 25.1 Å². The highest BCUT2D eigenvalue weighted by Crippen LogP contribution is 2.35. The molecule has 0 aliphatic heterocycles. The number of nitrogens with one attached hydrogen (secondary N) is 3. The summed E-state index contributed by atoms with van der Waals surface area (Å²) < 4.78 is 38.4. The first-order chi connectivity index (χ1) is 16.0. The Hall–Kier alpha value is -3.69. The van der Waals surface area contributed by atoms with Crippen LogP contribution in [0, 0.1) is 5.92 Å². The van der Waals surface area contributed by atoms with Crippen LogP contribution in [0.2, 0.25) is 0 Å². The van der Waals surface area contributed by atoms with Gasteiger partial charge >= 0.3 is 0 Å². The molecule has 3 heterocycles. The Morgan fingerprint density at radius 3 is 2.84 bits per heavy atom. The quantitative estimate of drug-likeness (QED) is 0.556. The van der Waals surface area contributed by atoms with Gasteiger partial charge in [0, 0.05) is 49.3 Å². The van der Waals surface area contributed by atoms with Gasteiger partial charge in [-0.2, -0.15) is 0 Å². The lowest BCUT2D eigenvalue weighted by Gasteiger charge is -2.13. The van der Waals surface area contributed by atoms with Gasteiger partial charge in [0.1, 0.15) is 12.0 Å². The number of pyridine rings is 2. The Bertz CT molecular complexity index is 1350. The first-order valence-corrected chi connectivity index (χ1v) is 9.71. The first kappa shape index (κ1) is 17.0. The third kappa shape index (κ3) is 3.76. The molecule has 9 nitrogen and oxygen atoms in total. The predicted octanol–water partition coefficient (Wildman–Crippen LogP) is 2.15. The Morgan fingerprint density at radius 1 is 1.39 bits per heavy atom. The minimum absolute atomic E-state index is 0.0447. The van der Waals surface area contributed by atoms with Gasteiger partial charge in [-0.05, 0) is 19.4 Å². The van der Waals surface area contributed by atoms with E-state index in [1.54, 1.807) is 30.1 Å². The molecule has 3 N–H and O–H groups in total. The van der Waals surface area contributed by atoms with E-state index in [9.17, 15) is 18.8 Å². The highest BCUT2D eigenvalue weighted by Gasteiger charge is 2.43. The maximum Gasteiger partial charge on any atom is 0.262 e. The second-order valence-corrected chi connectivity index (χ2v) is 7.36. The van der Waals surface area contributed by atoms with E-state index in [4.69, 9.17) is 4.11 Å². The summed E-state index contributed by atoms with van der Waals surface area (Å²) in [5.74, 6) is -2.17. The molecular formula is C21H23FN6O3. The van der Waals surface area contributed by atoms with Crippen LogP contribution < -0.4 is 21.5 Å². The topological polar surface area (TPSA) is 110 Å². The van der Waals surface area contributed by atoms with Gasteiger partial charge in [0.25, 0.3) is 11.5 Å². The fraction of sp³-hybridized carbons (Fsp3) is 0.333. The Labute approximate surface area is 181 Å². The van der Waals surface area contributed by atoms with E-state index in [-0.39, 0.29) is 29.0 Å². The maximum atomic E-state index is 13.2. The number of carbonyl (C=O) groups is 2. The Balaban J connectivity index is 1.76. The monoisotopic (exact) mass is 429 g/mol. The predicted molar refractivity (Wildman–Crippen MR) is 115 cm³/mol. The average Bonchev–Trinajstić information content (AvgIpc) is 3.40. The van der Waals surface area contributed by atoms with E-state index in [1.807, 2.05) is 12.2 Å². The highest BCUT2D eigenvalue weighted by atomic mass is 19.1. The lowest BCUT2D eigenvalue weighted by molar-refractivity contribution is -0.117. The number of hydrogen-bond acceptors (Lipinski definition) is 5. The van der Waals surface area contributed by atoms with E-state index in [0.717, 1.165) is 6.20 Å². The Kier molecular flexibility index (Phi) is 4.32. The zero-order chi connectivity index (χ0) is 24.8. The molecule has 0 spiro atoms. The number of anilines is 3. The summed E-state index contributed by atoms with van der Waals surface area (Å²) in [6, 6.07) is 3.12. The number of aryl methyl sites for hydroxylation is 2. The van der Waals surface area contributed by atoms with E-state index >= 15 is 0 Å². The molecule has 3 aromatic heterocycles. The molecule has 2 amide bonds. The van der Waals surface area contributed by atoms with Gasteiger partial charge in [-0.15, -0.1) is 0 Å². The van der Waals surface area contributed by atoms with Crippen LogP contribution in [0.25, 0.3) is 10.9 Å². The van der Waals surface area contributed by atoms with Crippen molar-refractivity contribution < 1.29 is 18.1 Å². The molecule has 0 aromatic carbocycles. The third-order valence-corrected chi connectivity index (χ3v) is 5.29. The third-order valence-electron chi connectivity index (χ3n) is 5.29. The summed E-state index contributed by atoms with van der Waals surface area (Å²) in [4.78, 5) is 41.8. The van der Waals surface area contributed by atoms with Crippen LogP contribution in [0.4, 0.5) is 21.6 Å². The van der Waals surface area contributed by atoms with Crippen molar-refractivity contribution in [2.75, 3.05) is 17.6 Å². The van der Waals surface area contributed by atoms with Crippen LogP contribution in [0.3, 0.4) is 0 Å². The number of amides is 2. The van der Waals surface area contributed by atoms with Gasteiger partial charge in [-0.3, -0.25) is 14.4 Å². The second-order valence-electron chi connectivity index (χ2n) is 7.36. The molecular weight excluding hydrogens is 403 g/mol. The first-order valence-electron chi connectivity index (χ1n) is 11.2. The fourth-order valence-corrected chi connectivity index (χ4v) is 3.46. The lowest BCUT2D eigenvalue weighted by atomic mass is 10.2. The number of hydrogen-bond donors (Lipinski definition) is 3. The number of alkyl halides is 1. The summed E-state index contributed by atoms with van der Waals surface area (Å²) in [6.45, 7) is -0.449. The molecule has 31 heavy (non-hydrogen) atoms. The summed E-state index contributed by atoms with van der Waals surface area (Å²) in [7, 11) is 1.76. The van der Waals surface area contributed by atoms with E-state index in [0.29, 0.717) is 23.1 Å². The van der Waals surface area contributed by atoms with Crippen molar-refractivity contribution in [1.29, 1.82) is 0 Å². The van der Waals surface area contributed by atoms with Crippen molar-refractivity contribution in [3.63, 3.8) is 0 Å². The van der Waals surface area contributed by atoms with Crippen LogP contribution in [0.5, 0.6) is 0 Å². The summed E-state index contributed by atoms with van der Waals surface area (Å²) in [5, 5.41) is 7.79. The van der Waals surface area contributed by atoms with Crippen molar-refractivity contribution in [3.05, 3.63) is 46.6 Å². The minimum atomic E-state index is -2.74. The highest BCUT2D eigenvalue weighted by molar-refractivity contribution is 6.03. The van der Waals surface area contributed by atoms with Gasteiger partial charge in [-0.25, -0.2) is 9.37 Å². The lowest BCUT2D eigenvalue weighted by Crippen LogP contribution is -2.21. The number of rotatable bonds is 6. The molecule has 3 aromatic rings. The zero-order valence-corrected chi connectivity index (χ0v) is 16.9. The molecule has 1 saturated carbocycles. The molecule has 1 fully saturated rings. The number of nitrogens with zero attached hydrogens (tertiary/aromatic N) is 3. The number of halogens is 1. The smallest absolute Gasteiger partial charge is 0.262 e. The van der Waals surface area contributed by atoms with Gasteiger partial charge in [-0.1, -0.05) is 0 Å². The molecule has 0 bridgehead atoms. The normalized spacial score (nSPS) is 19.3. The molecule has 10 heteroatoms. The van der Waals surface area contributed by atoms with E-state index in [1.165, 1.54) is 10.6 Å². The van der Waals surface area contributed by atoms with Crippen molar-refractivity contribution >= 4 is 39.9 Å². The number of fused-ring (bicyclic) bond motifs is 1. The average molecular weight is 429 g/mol. The molecule has 0 unspecified atom stereocenters. The summed E-state index contributed by atoms with van der Waals surface area (Å²) in [6.07, 6.45) is 3.39. The van der Waals surface area contributed by atoms with Crippen molar-refractivity contribution in [3.8, 4) is 0 Å². The SMILES string of the molecule is [2H]C([2H])([2H])NC(=O)c1cnc(NC(=O)[C@H]2C[C@H]2F)cc1Nc1cn(C)c2ccn(CC)c(=O)c12. The van der Waals surface area contributed by atoms with Gasteiger partial charge in [0.05, 0.1) is 33.8 Å². The van der Waals surface area contributed by atoms with Crippen LogP contribution in [-0.2, 0) is 18.4 Å². The fourth-order valence-electron chi connectivity index (χ4n) is 3.46. The van der Waals surface area contributed by atoms with Crippen LogP contribution in [0.1, 0.15) is 27.8 Å². The molecule has 4 rings (SSSR count). The zero-order valence-electron chi connectivity index (χ0n) is 19.9. The molecule has 2 atom stereocenters. The van der Waals surface area contributed by atoms with E-state index in [2.05, 4.69) is 15.6 Å². The number of aromatic nitrogens is 3. The second kappa shape index (κ2) is 7.86. The molecule has 0 saturated heterocycles. The maximum absolute atomic E-state index is 13.2. The molecule has 0 radical (unpaired) electrons. The largest absolute Gasteiger partial charge is 0.355 e. The van der Waals surface area contributed by atoms with E-state index < -0.39 is 30.9 Å². The van der Waals surface area contributed by atoms with Crippen LogP contribution in [-0.4, -0.2) is 39.1 Å². The van der Waals surface area contributed by atoms with Crippen molar-refractivity contribution in [2.24, 2.45) is 13.0 Å². The number of carbonyl (C=O) groups excluding carboxylic acids is 2. The van der Waals surface area contributed by atoms with Crippen molar-refractivity contribution in [2.45, 2.75) is 26.1 Å². The minimum Gasteiger partial charge on any atom is -0.355 e. The molecule has 1 aliphatic carbocycles. The van der Waals surface area contributed by atoms with Crippen molar-refractivity contribution in [1.82, 2.24) is 19.4 Å². The molecule has 162 valence electrons. The van der Waals surface area contributed by atoms with Crippen LogP contribution >= 0.6 is 0 Å². The summed E-state index contributed by atoms with van der Waals surface area (Å²) >= 11 is 0.